The summed E-state index contributed by atoms with van der Waals surface area (Å²) in [6.45, 7) is 6.18. The Labute approximate surface area is 133 Å². The van der Waals surface area contributed by atoms with Crippen LogP contribution >= 0.6 is 0 Å². The van der Waals surface area contributed by atoms with Gasteiger partial charge in [0.1, 0.15) is 12.4 Å². The summed E-state index contributed by atoms with van der Waals surface area (Å²) in [5.41, 5.74) is 2.61. The maximum atomic E-state index is 5.64. The highest BCUT2D eigenvalue weighted by atomic mass is 16.5. The molecule has 0 amide bonds. The molecule has 0 aliphatic rings. The molecule has 0 radical (unpaired) electrons. The summed E-state index contributed by atoms with van der Waals surface area (Å²) in [4.78, 5) is 0. The molecule has 0 saturated heterocycles. The zero-order valence-corrected chi connectivity index (χ0v) is 13.3. The second kappa shape index (κ2) is 9.98. The fourth-order valence-electron chi connectivity index (χ4n) is 2.25. The highest BCUT2D eigenvalue weighted by Gasteiger charge is 1.96. The largest absolute Gasteiger partial charge is 0.491 e. The molecule has 118 valence electrons. The molecule has 2 aromatic rings. The summed E-state index contributed by atoms with van der Waals surface area (Å²) in [6, 6.07) is 18.7. The van der Waals surface area contributed by atoms with Gasteiger partial charge in [-0.25, -0.2) is 0 Å². The van der Waals surface area contributed by atoms with Gasteiger partial charge in [0.25, 0.3) is 0 Å². The molecular formula is C19H26NO2+. The number of ether oxygens (including phenoxy) is 2. The molecule has 0 aromatic heterocycles. The van der Waals surface area contributed by atoms with E-state index in [9.17, 15) is 0 Å². The van der Waals surface area contributed by atoms with Crippen molar-refractivity contribution in [3.63, 3.8) is 0 Å². The van der Waals surface area contributed by atoms with Crippen molar-refractivity contribution in [2.24, 2.45) is 0 Å². The van der Waals surface area contributed by atoms with Crippen LogP contribution in [0.5, 0.6) is 5.75 Å². The van der Waals surface area contributed by atoms with E-state index in [1.807, 2.05) is 18.2 Å². The number of nitrogens with two attached hydrogens (primary N) is 1. The molecule has 0 unspecified atom stereocenters. The molecule has 2 aromatic carbocycles. The van der Waals surface area contributed by atoms with E-state index in [-0.39, 0.29) is 0 Å². The normalized spacial score (nSPS) is 10.6. The molecule has 3 heteroatoms. The predicted molar refractivity (Wildman–Crippen MR) is 89.3 cm³/mol. The molecule has 22 heavy (non-hydrogen) atoms. The number of aryl methyl sites for hydroxylation is 1. The highest BCUT2D eigenvalue weighted by molar-refractivity contribution is 5.27. The molecule has 0 bridgehead atoms. The molecule has 0 atom stereocenters. The van der Waals surface area contributed by atoms with Crippen LogP contribution in [0.2, 0.25) is 0 Å². The molecule has 2 N–H and O–H groups in total. The minimum atomic E-state index is 0.605. The van der Waals surface area contributed by atoms with Gasteiger partial charge in [0.05, 0.1) is 26.3 Å². The summed E-state index contributed by atoms with van der Waals surface area (Å²) in [7, 11) is 0. The molecule has 2 rings (SSSR count). The van der Waals surface area contributed by atoms with Crippen LogP contribution in [0, 0.1) is 6.92 Å². The van der Waals surface area contributed by atoms with Gasteiger partial charge in [-0.2, -0.15) is 0 Å². The van der Waals surface area contributed by atoms with E-state index in [1.54, 1.807) is 0 Å². The van der Waals surface area contributed by atoms with E-state index in [1.165, 1.54) is 11.1 Å². The average Bonchev–Trinajstić information content (AvgIpc) is 2.54. The number of hydrogen-bond donors (Lipinski definition) is 1. The van der Waals surface area contributed by atoms with E-state index < -0.39 is 0 Å². The van der Waals surface area contributed by atoms with Crippen molar-refractivity contribution in [3.8, 4) is 5.75 Å². The summed E-state index contributed by atoms with van der Waals surface area (Å²) < 4.78 is 11.2. The lowest BCUT2D eigenvalue weighted by atomic mass is 10.1. The van der Waals surface area contributed by atoms with Crippen LogP contribution in [0.15, 0.2) is 54.6 Å². The van der Waals surface area contributed by atoms with Gasteiger partial charge in [-0.05, 0) is 30.2 Å². The van der Waals surface area contributed by atoms with Crippen molar-refractivity contribution in [2.75, 3.05) is 32.9 Å². The van der Waals surface area contributed by atoms with E-state index >= 15 is 0 Å². The molecule has 3 nitrogen and oxygen atoms in total. The molecule has 0 spiro atoms. The Morgan fingerprint density at radius 1 is 0.864 bits per heavy atom. The third-order valence-electron chi connectivity index (χ3n) is 3.43. The summed E-state index contributed by atoms with van der Waals surface area (Å²) >= 11 is 0. The fourth-order valence-corrected chi connectivity index (χ4v) is 2.25. The van der Waals surface area contributed by atoms with E-state index in [2.05, 4.69) is 48.6 Å². The second-order valence-electron chi connectivity index (χ2n) is 5.38. The predicted octanol–water partition coefficient (Wildman–Crippen LogP) is 2.20. The maximum absolute atomic E-state index is 5.64. The molecular weight excluding hydrogens is 274 g/mol. The number of hydrogen-bond acceptors (Lipinski definition) is 2. The van der Waals surface area contributed by atoms with Crippen LogP contribution in [0.3, 0.4) is 0 Å². The lowest BCUT2D eigenvalue weighted by Crippen LogP contribution is -2.85. The smallest absolute Gasteiger partial charge is 0.119 e. The first kappa shape index (κ1) is 16.5. The molecule has 0 aliphatic heterocycles. The van der Waals surface area contributed by atoms with Gasteiger partial charge in [-0.3, -0.25) is 0 Å². The van der Waals surface area contributed by atoms with Gasteiger partial charge in [0, 0.05) is 6.42 Å². The SMILES string of the molecule is Cc1cccc(OCCOCC[NH2+]CCc2ccccc2)c1. The summed E-state index contributed by atoms with van der Waals surface area (Å²) in [6.07, 6.45) is 1.11. The average molecular weight is 300 g/mol. The molecule has 0 fully saturated rings. The number of benzene rings is 2. The van der Waals surface area contributed by atoms with Gasteiger partial charge in [0.15, 0.2) is 0 Å². The van der Waals surface area contributed by atoms with Gasteiger partial charge < -0.3 is 14.8 Å². The minimum Gasteiger partial charge on any atom is -0.491 e. The lowest BCUT2D eigenvalue weighted by Gasteiger charge is -2.07. The van der Waals surface area contributed by atoms with Crippen molar-refractivity contribution < 1.29 is 14.8 Å². The van der Waals surface area contributed by atoms with Crippen LogP contribution in [-0.4, -0.2) is 32.9 Å². The van der Waals surface area contributed by atoms with E-state index in [0.717, 1.165) is 31.9 Å². The second-order valence-corrected chi connectivity index (χ2v) is 5.38. The number of rotatable bonds is 10. The summed E-state index contributed by atoms with van der Waals surface area (Å²) in [5, 5.41) is 2.30. The Kier molecular flexibility index (Phi) is 7.50. The standard InChI is InChI=1S/C19H25NO2/c1-17-6-5-9-19(16-17)22-15-14-21-13-12-20-11-10-18-7-3-2-4-8-18/h2-9,16,20H,10-15H2,1H3/p+1. The van der Waals surface area contributed by atoms with Crippen LogP contribution in [0.25, 0.3) is 0 Å². The van der Waals surface area contributed by atoms with Crippen molar-refractivity contribution in [1.29, 1.82) is 0 Å². The quantitative estimate of drug-likeness (QED) is 0.683. The molecule has 0 saturated carbocycles. The van der Waals surface area contributed by atoms with Crippen molar-refractivity contribution >= 4 is 0 Å². The molecule has 0 aliphatic carbocycles. The van der Waals surface area contributed by atoms with Gasteiger partial charge in [0.2, 0.25) is 0 Å². The van der Waals surface area contributed by atoms with E-state index in [4.69, 9.17) is 9.47 Å². The Balaban J connectivity index is 1.43. The van der Waals surface area contributed by atoms with Crippen LogP contribution < -0.4 is 10.1 Å². The van der Waals surface area contributed by atoms with Gasteiger partial charge in [-0.15, -0.1) is 0 Å². The zero-order chi connectivity index (χ0) is 15.5. The van der Waals surface area contributed by atoms with Crippen molar-refractivity contribution in [2.45, 2.75) is 13.3 Å². The third-order valence-corrected chi connectivity index (χ3v) is 3.43. The van der Waals surface area contributed by atoms with Gasteiger partial charge >= 0.3 is 0 Å². The minimum absolute atomic E-state index is 0.605. The van der Waals surface area contributed by atoms with Crippen LogP contribution in [0.1, 0.15) is 11.1 Å². The Bertz CT molecular complexity index is 528. The number of quaternary nitrogens is 1. The summed E-state index contributed by atoms with van der Waals surface area (Å²) in [5.74, 6) is 0.915. The maximum Gasteiger partial charge on any atom is 0.119 e. The molecule has 0 heterocycles. The van der Waals surface area contributed by atoms with Gasteiger partial charge in [-0.1, -0.05) is 42.5 Å². The Morgan fingerprint density at radius 3 is 2.55 bits per heavy atom. The van der Waals surface area contributed by atoms with E-state index in [0.29, 0.717) is 13.2 Å². The van der Waals surface area contributed by atoms with Crippen molar-refractivity contribution in [3.05, 3.63) is 65.7 Å². The monoisotopic (exact) mass is 300 g/mol. The van der Waals surface area contributed by atoms with Crippen molar-refractivity contribution in [1.82, 2.24) is 0 Å². The Morgan fingerprint density at radius 2 is 1.73 bits per heavy atom. The zero-order valence-electron chi connectivity index (χ0n) is 13.3. The first-order chi connectivity index (χ1) is 10.8. The van der Waals surface area contributed by atoms with Crippen LogP contribution in [0.4, 0.5) is 0 Å². The third kappa shape index (κ3) is 6.74. The van der Waals surface area contributed by atoms with Crippen LogP contribution in [-0.2, 0) is 11.2 Å². The highest BCUT2D eigenvalue weighted by Crippen LogP contribution is 2.11. The Hall–Kier alpha value is -1.84. The first-order valence-electron chi connectivity index (χ1n) is 7.97. The lowest BCUT2D eigenvalue weighted by molar-refractivity contribution is -0.655. The fraction of sp³-hybridized carbons (Fsp3) is 0.368. The topological polar surface area (TPSA) is 35.1 Å². The first-order valence-corrected chi connectivity index (χ1v) is 7.97.